The first-order valence-electron chi connectivity index (χ1n) is 5.14. The summed E-state index contributed by atoms with van der Waals surface area (Å²) in [5, 5.41) is 0.377. The van der Waals surface area contributed by atoms with Gasteiger partial charge in [-0.05, 0) is 30.3 Å². The number of rotatable bonds is 1. The molecule has 1 N–H and O–H groups in total. The van der Waals surface area contributed by atoms with Gasteiger partial charge >= 0.3 is 0 Å². The van der Waals surface area contributed by atoms with Crippen molar-refractivity contribution in [1.82, 2.24) is 9.97 Å². The number of nitrogens with zero attached hydrogens (tertiary/aromatic N) is 1. The lowest BCUT2D eigenvalue weighted by Crippen LogP contribution is -1.85. The zero-order valence-electron chi connectivity index (χ0n) is 8.74. The van der Waals surface area contributed by atoms with Crippen molar-refractivity contribution < 1.29 is 4.39 Å². The monoisotopic (exact) mass is 246 g/mol. The highest BCUT2D eigenvalue weighted by molar-refractivity contribution is 6.30. The molecule has 0 aliphatic carbocycles. The van der Waals surface area contributed by atoms with E-state index in [1.54, 1.807) is 12.1 Å². The Kier molecular flexibility index (Phi) is 2.34. The van der Waals surface area contributed by atoms with Gasteiger partial charge in [-0.25, -0.2) is 9.37 Å². The van der Waals surface area contributed by atoms with Crippen molar-refractivity contribution in [2.24, 2.45) is 0 Å². The van der Waals surface area contributed by atoms with Crippen LogP contribution >= 0.6 is 11.6 Å². The van der Waals surface area contributed by atoms with E-state index in [2.05, 4.69) is 9.97 Å². The first-order chi connectivity index (χ1) is 8.24. The summed E-state index contributed by atoms with van der Waals surface area (Å²) in [7, 11) is 0. The van der Waals surface area contributed by atoms with Crippen LogP contribution in [-0.2, 0) is 0 Å². The second kappa shape index (κ2) is 3.86. The van der Waals surface area contributed by atoms with Crippen LogP contribution in [0.5, 0.6) is 0 Å². The quantitative estimate of drug-likeness (QED) is 0.690. The molecule has 1 heterocycles. The lowest BCUT2D eigenvalue weighted by molar-refractivity contribution is 0.630. The smallest absolute Gasteiger partial charge is 0.141 e. The first-order valence-corrected chi connectivity index (χ1v) is 5.52. The first kappa shape index (κ1) is 10.3. The molecule has 0 saturated heterocycles. The van der Waals surface area contributed by atoms with Crippen molar-refractivity contribution >= 4 is 22.6 Å². The number of aromatic amines is 1. The molecule has 0 spiro atoms. The van der Waals surface area contributed by atoms with E-state index in [1.807, 2.05) is 24.3 Å². The van der Waals surface area contributed by atoms with Gasteiger partial charge in [0.15, 0.2) is 0 Å². The van der Waals surface area contributed by atoms with Gasteiger partial charge in [0.2, 0.25) is 0 Å². The summed E-state index contributed by atoms with van der Waals surface area (Å²) in [4.78, 5) is 7.41. The van der Waals surface area contributed by atoms with Gasteiger partial charge in [0, 0.05) is 5.02 Å². The van der Waals surface area contributed by atoms with E-state index in [4.69, 9.17) is 11.6 Å². The molecule has 0 unspecified atom stereocenters. The molecule has 0 aliphatic rings. The third-order valence-corrected chi connectivity index (χ3v) is 2.81. The number of nitrogens with one attached hydrogen (secondary N) is 1. The van der Waals surface area contributed by atoms with Crippen molar-refractivity contribution in [2.75, 3.05) is 0 Å². The zero-order valence-corrected chi connectivity index (χ0v) is 9.50. The van der Waals surface area contributed by atoms with Crippen molar-refractivity contribution in [3.8, 4) is 11.4 Å². The molecule has 0 amide bonds. The Morgan fingerprint density at radius 1 is 1.12 bits per heavy atom. The topological polar surface area (TPSA) is 28.7 Å². The maximum atomic E-state index is 13.7. The summed E-state index contributed by atoms with van der Waals surface area (Å²) >= 11 is 5.71. The zero-order chi connectivity index (χ0) is 11.8. The fourth-order valence-corrected chi connectivity index (χ4v) is 1.92. The molecule has 0 atom stereocenters. The van der Waals surface area contributed by atoms with E-state index in [0.717, 1.165) is 11.0 Å². The molecule has 0 radical (unpaired) electrons. The van der Waals surface area contributed by atoms with Crippen LogP contribution in [0.3, 0.4) is 0 Å². The third-order valence-electron chi connectivity index (χ3n) is 2.58. The highest BCUT2D eigenvalue weighted by Crippen LogP contribution is 2.25. The predicted molar refractivity (Wildman–Crippen MR) is 66.5 cm³/mol. The molecule has 3 rings (SSSR count). The standard InChI is InChI=1S/C13H8ClFN2/c14-8-5-6-9(10(15)7-8)13-16-11-3-1-2-4-12(11)17-13/h1-7H,(H,16,17). The molecule has 0 bridgehead atoms. The summed E-state index contributed by atoms with van der Waals surface area (Å²) < 4.78 is 13.7. The van der Waals surface area contributed by atoms with Crippen molar-refractivity contribution in [1.29, 1.82) is 0 Å². The fraction of sp³-hybridized carbons (Fsp3) is 0. The summed E-state index contributed by atoms with van der Waals surface area (Å²) in [6, 6.07) is 12.1. The lowest BCUT2D eigenvalue weighted by Gasteiger charge is -1.99. The molecule has 4 heteroatoms. The van der Waals surface area contributed by atoms with Crippen LogP contribution in [0.2, 0.25) is 5.02 Å². The predicted octanol–water partition coefficient (Wildman–Crippen LogP) is 4.02. The van der Waals surface area contributed by atoms with Crippen molar-refractivity contribution in [3.63, 3.8) is 0 Å². The normalized spacial score (nSPS) is 10.9. The fourth-order valence-electron chi connectivity index (χ4n) is 1.76. The second-order valence-corrected chi connectivity index (χ2v) is 4.16. The maximum absolute atomic E-state index is 13.7. The van der Waals surface area contributed by atoms with E-state index >= 15 is 0 Å². The Balaban J connectivity index is 2.20. The highest BCUT2D eigenvalue weighted by Gasteiger charge is 2.09. The number of para-hydroxylation sites is 2. The maximum Gasteiger partial charge on any atom is 0.141 e. The van der Waals surface area contributed by atoms with Gasteiger partial charge in [0.25, 0.3) is 0 Å². The lowest BCUT2D eigenvalue weighted by atomic mass is 10.2. The van der Waals surface area contributed by atoms with Crippen molar-refractivity contribution in [3.05, 3.63) is 53.3 Å². The molecular weight excluding hydrogens is 239 g/mol. The molecule has 0 saturated carbocycles. The van der Waals surface area contributed by atoms with Gasteiger partial charge in [-0.15, -0.1) is 0 Å². The number of fused-ring (bicyclic) bond motifs is 1. The molecule has 2 nitrogen and oxygen atoms in total. The summed E-state index contributed by atoms with van der Waals surface area (Å²) in [5.74, 6) is 0.136. The second-order valence-electron chi connectivity index (χ2n) is 3.73. The van der Waals surface area contributed by atoms with E-state index < -0.39 is 0 Å². The van der Waals surface area contributed by atoms with Crippen LogP contribution in [0.25, 0.3) is 22.4 Å². The van der Waals surface area contributed by atoms with Gasteiger partial charge in [-0.2, -0.15) is 0 Å². The Morgan fingerprint density at radius 2 is 1.94 bits per heavy atom. The van der Waals surface area contributed by atoms with E-state index in [-0.39, 0.29) is 5.82 Å². The van der Waals surface area contributed by atoms with Crippen LogP contribution in [-0.4, -0.2) is 9.97 Å². The number of imidazole rings is 1. The number of halogens is 2. The van der Waals surface area contributed by atoms with Gasteiger partial charge in [0.1, 0.15) is 11.6 Å². The number of hydrogen-bond acceptors (Lipinski definition) is 1. The molecule has 0 aliphatic heterocycles. The van der Waals surface area contributed by atoms with E-state index in [1.165, 1.54) is 6.07 Å². The van der Waals surface area contributed by atoms with Crippen LogP contribution in [0.15, 0.2) is 42.5 Å². The minimum absolute atomic E-state index is 0.377. The van der Waals surface area contributed by atoms with Gasteiger partial charge in [-0.1, -0.05) is 23.7 Å². The number of H-pyrrole nitrogens is 1. The summed E-state index contributed by atoms with van der Waals surface area (Å²) in [6.45, 7) is 0. The summed E-state index contributed by atoms with van der Waals surface area (Å²) in [5.41, 5.74) is 2.12. The Labute approximate surface area is 102 Å². The van der Waals surface area contributed by atoms with Crippen LogP contribution in [0, 0.1) is 5.82 Å². The molecule has 3 aromatic rings. The molecule has 0 fully saturated rings. The van der Waals surface area contributed by atoms with Gasteiger partial charge in [0.05, 0.1) is 16.6 Å². The summed E-state index contributed by atoms with van der Waals surface area (Å²) in [6.07, 6.45) is 0. The van der Waals surface area contributed by atoms with Crippen LogP contribution in [0.4, 0.5) is 4.39 Å². The Bertz CT molecular complexity index is 658. The minimum Gasteiger partial charge on any atom is -0.338 e. The number of benzene rings is 2. The third kappa shape index (κ3) is 1.78. The van der Waals surface area contributed by atoms with E-state index in [0.29, 0.717) is 16.4 Å². The van der Waals surface area contributed by atoms with Crippen molar-refractivity contribution in [2.45, 2.75) is 0 Å². The average Bonchev–Trinajstić information content (AvgIpc) is 2.72. The van der Waals surface area contributed by atoms with Crippen LogP contribution < -0.4 is 0 Å². The van der Waals surface area contributed by atoms with Crippen LogP contribution in [0.1, 0.15) is 0 Å². The molecule has 84 valence electrons. The largest absolute Gasteiger partial charge is 0.338 e. The molecule has 1 aromatic heterocycles. The Morgan fingerprint density at radius 3 is 2.71 bits per heavy atom. The molecule has 2 aromatic carbocycles. The minimum atomic E-state index is -0.378. The van der Waals surface area contributed by atoms with E-state index in [9.17, 15) is 4.39 Å². The highest BCUT2D eigenvalue weighted by atomic mass is 35.5. The SMILES string of the molecule is Fc1cc(Cl)ccc1-c1nc2ccccc2[nH]1. The molecular formula is C13H8ClFN2. The number of hydrogen-bond donors (Lipinski definition) is 1. The number of aromatic nitrogens is 2. The molecule has 17 heavy (non-hydrogen) atoms. The average molecular weight is 247 g/mol. The Hall–Kier alpha value is -1.87. The van der Waals surface area contributed by atoms with Gasteiger partial charge in [-0.3, -0.25) is 0 Å². The van der Waals surface area contributed by atoms with Gasteiger partial charge < -0.3 is 4.98 Å².